The minimum Gasteiger partial charge on any atom is -0.381 e. The molecule has 0 aromatic rings. The summed E-state index contributed by atoms with van der Waals surface area (Å²) >= 11 is 0. The van der Waals surface area contributed by atoms with Gasteiger partial charge in [-0.3, -0.25) is 0 Å². The number of ether oxygens (including phenoxy) is 1. The van der Waals surface area contributed by atoms with Crippen molar-refractivity contribution >= 4 is 0 Å². The van der Waals surface area contributed by atoms with Crippen LogP contribution in [0.4, 0.5) is 0 Å². The Morgan fingerprint density at radius 2 is 2.12 bits per heavy atom. The van der Waals surface area contributed by atoms with E-state index in [1.54, 1.807) is 0 Å². The predicted molar refractivity (Wildman–Crippen MR) is 73.0 cm³/mol. The summed E-state index contributed by atoms with van der Waals surface area (Å²) in [6.07, 6.45) is 3.66. The molecule has 1 aliphatic heterocycles. The normalized spacial score (nSPS) is 24.2. The predicted octanol–water partition coefficient (Wildman–Crippen LogP) is 2.01. The fourth-order valence-electron chi connectivity index (χ4n) is 2.63. The van der Waals surface area contributed by atoms with Gasteiger partial charge in [-0.25, -0.2) is 0 Å². The fraction of sp³-hybridized carbons (Fsp3) is 1.00. The number of rotatable bonds is 8. The zero-order valence-electron chi connectivity index (χ0n) is 11.7. The molecule has 1 rings (SSSR count). The van der Waals surface area contributed by atoms with E-state index in [4.69, 9.17) is 10.5 Å². The molecule has 102 valence electrons. The lowest BCUT2D eigenvalue weighted by Gasteiger charge is -2.22. The van der Waals surface area contributed by atoms with E-state index in [-0.39, 0.29) is 0 Å². The summed E-state index contributed by atoms with van der Waals surface area (Å²) in [6.45, 7) is 10.6. The van der Waals surface area contributed by atoms with Crippen molar-refractivity contribution in [2.24, 2.45) is 23.5 Å². The molecule has 0 aliphatic carbocycles. The monoisotopic (exact) mass is 242 g/mol. The van der Waals surface area contributed by atoms with E-state index >= 15 is 0 Å². The lowest BCUT2D eigenvalue weighted by atomic mass is 9.94. The Morgan fingerprint density at radius 1 is 1.35 bits per heavy atom. The van der Waals surface area contributed by atoms with E-state index in [0.29, 0.717) is 17.9 Å². The molecule has 3 N–H and O–H groups in total. The minimum absolute atomic E-state index is 0.579. The van der Waals surface area contributed by atoms with Crippen molar-refractivity contribution < 1.29 is 4.74 Å². The molecule has 3 nitrogen and oxygen atoms in total. The van der Waals surface area contributed by atoms with Crippen LogP contribution >= 0.6 is 0 Å². The van der Waals surface area contributed by atoms with E-state index in [1.807, 2.05) is 0 Å². The van der Waals surface area contributed by atoms with Gasteiger partial charge in [0.1, 0.15) is 0 Å². The van der Waals surface area contributed by atoms with Gasteiger partial charge in [0.15, 0.2) is 0 Å². The van der Waals surface area contributed by atoms with Crippen molar-refractivity contribution in [2.75, 3.05) is 26.3 Å². The third-order valence-corrected chi connectivity index (χ3v) is 3.83. The summed E-state index contributed by atoms with van der Waals surface area (Å²) in [5.74, 6) is 2.13. The number of nitrogens with two attached hydrogens (primary N) is 1. The van der Waals surface area contributed by atoms with Crippen molar-refractivity contribution in [1.29, 1.82) is 0 Å². The van der Waals surface area contributed by atoms with Crippen LogP contribution in [0.2, 0.25) is 0 Å². The quantitative estimate of drug-likeness (QED) is 0.684. The van der Waals surface area contributed by atoms with Crippen LogP contribution in [-0.4, -0.2) is 32.3 Å². The molecule has 0 amide bonds. The van der Waals surface area contributed by atoms with Gasteiger partial charge in [0.2, 0.25) is 0 Å². The molecule has 0 aromatic carbocycles. The van der Waals surface area contributed by atoms with E-state index in [1.165, 1.54) is 19.3 Å². The third-order valence-electron chi connectivity index (χ3n) is 3.83. The van der Waals surface area contributed by atoms with Crippen molar-refractivity contribution in [3.63, 3.8) is 0 Å². The molecule has 0 aromatic heterocycles. The summed E-state index contributed by atoms with van der Waals surface area (Å²) in [7, 11) is 0. The van der Waals surface area contributed by atoms with Gasteiger partial charge in [0.05, 0.1) is 6.61 Å². The first-order chi connectivity index (χ1) is 8.13. The standard InChI is InChI=1S/C14H30N2O/c1-11(2)8-13(9-15)4-6-16-12(3)14-5-7-17-10-14/h11-14,16H,4-10,15H2,1-3H3. The maximum atomic E-state index is 5.81. The highest BCUT2D eigenvalue weighted by Gasteiger charge is 2.21. The van der Waals surface area contributed by atoms with Crippen LogP contribution in [0.15, 0.2) is 0 Å². The molecule has 17 heavy (non-hydrogen) atoms. The SMILES string of the molecule is CC(C)CC(CN)CCNC(C)C1CCOC1. The van der Waals surface area contributed by atoms with Crippen LogP contribution in [0, 0.1) is 17.8 Å². The van der Waals surface area contributed by atoms with Crippen LogP contribution in [0.5, 0.6) is 0 Å². The molecule has 0 spiro atoms. The molecule has 3 heteroatoms. The molecular weight excluding hydrogens is 212 g/mol. The summed E-state index contributed by atoms with van der Waals surface area (Å²) in [5.41, 5.74) is 5.81. The Hall–Kier alpha value is -0.120. The Labute approximate surface area is 106 Å². The zero-order valence-corrected chi connectivity index (χ0v) is 11.7. The van der Waals surface area contributed by atoms with E-state index in [0.717, 1.165) is 32.2 Å². The molecule has 3 atom stereocenters. The molecule has 0 bridgehead atoms. The number of nitrogens with one attached hydrogen (secondary N) is 1. The van der Waals surface area contributed by atoms with Gasteiger partial charge in [-0.2, -0.15) is 0 Å². The zero-order chi connectivity index (χ0) is 12.7. The van der Waals surface area contributed by atoms with Crippen LogP contribution < -0.4 is 11.1 Å². The molecule has 1 saturated heterocycles. The second-order valence-electron chi connectivity index (χ2n) is 5.89. The summed E-state index contributed by atoms with van der Waals surface area (Å²) in [5, 5.41) is 3.63. The van der Waals surface area contributed by atoms with Crippen molar-refractivity contribution in [3.8, 4) is 0 Å². The Bertz CT molecular complexity index is 189. The van der Waals surface area contributed by atoms with Gasteiger partial charge >= 0.3 is 0 Å². The highest BCUT2D eigenvalue weighted by Crippen LogP contribution is 2.17. The maximum absolute atomic E-state index is 5.81. The highest BCUT2D eigenvalue weighted by atomic mass is 16.5. The molecule has 1 heterocycles. The molecule has 3 unspecified atom stereocenters. The van der Waals surface area contributed by atoms with Crippen LogP contribution in [0.3, 0.4) is 0 Å². The first-order valence-electron chi connectivity index (χ1n) is 7.14. The van der Waals surface area contributed by atoms with Gasteiger partial charge in [-0.05, 0) is 57.0 Å². The maximum Gasteiger partial charge on any atom is 0.0509 e. The Kier molecular flexibility index (Phi) is 7.09. The number of hydrogen-bond donors (Lipinski definition) is 2. The molecule has 1 fully saturated rings. The van der Waals surface area contributed by atoms with Crippen LogP contribution in [-0.2, 0) is 4.74 Å². The first kappa shape index (κ1) is 14.9. The van der Waals surface area contributed by atoms with Crippen LogP contribution in [0.1, 0.15) is 40.0 Å². The largest absolute Gasteiger partial charge is 0.381 e. The van der Waals surface area contributed by atoms with Gasteiger partial charge in [0, 0.05) is 12.6 Å². The highest BCUT2D eigenvalue weighted by molar-refractivity contribution is 4.76. The molecular formula is C14H30N2O. The summed E-state index contributed by atoms with van der Waals surface area (Å²) in [6, 6.07) is 0.579. The van der Waals surface area contributed by atoms with E-state index in [9.17, 15) is 0 Å². The van der Waals surface area contributed by atoms with Crippen molar-refractivity contribution in [3.05, 3.63) is 0 Å². The van der Waals surface area contributed by atoms with Crippen molar-refractivity contribution in [1.82, 2.24) is 5.32 Å². The summed E-state index contributed by atoms with van der Waals surface area (Å²) < 4.78 is 5.42. The van der Waals surface area contributed by atoms with Gasteiger partial charge in [-0.1, -0.05) is 13.8 Å². The molecule has 1 aliphatic rings. The second kappa shape index (κ2) is 8.06. The van der Waals surface area contributed by atoms with Gasteiger partial charge in [-0.15, -0.1) is 0 Å². The van der Waals surface area contributed by atoms with Gasteiger partial charge < -0.3 is 15.8 Å². The number of hydrogen-bond acceptors (Lipinski definition) is 3. The van der Waals surface area contributed by atoms with E-state index in [2.05, 4.69) is 26.1 Å². The summed E-state index contributed by atoms with van der Waals surface area (Å²) in [4.78, 5) is 0. The Balaban J connectivity index is 2.12. The average Bonchev–Trinajstić information content (AvgIpc) is 2.80. The first-order valence-corrected chi connectivity index (χ1v) is 7.14. The lowest BCUT2D eigenvalue weighted by Crippen LogP contribution is -2.35. The average molecular weight is 242 g/mol. The van der Waals surface area contributed by atoms with Crippen molar-refractivity contribution in [2.45, 2.75) is 46.1 Å². The third kappa shape index (κ3) is 5.84. The fourth-order valence-corrected chi connectivity index (χ4v) is 2.63. The van der Waals surface area contributed by atoms with E-state index < -0.39 is 0 Å². The molecule has 0 saturated carbocycles. The minimum atomic E-state index is 0.579. The molecule has 0 radical (unpaired) electrons. The smallest absolute Gasteiger partial charge is 0.0509 e. The Morgan fingerprint density at radius 3 is 2.65 bits per heavy atom. The lowest BCUT2D eigenvalue weighted by molar-refractivity contribution is 0.178. The topological polar surface area (TPSA) is 47.3 Å². The second-order valence-corrected chi connectivity index (χ2v) is 5.89. The van der Waals surface area contributed by atoms with Gasteiger partial charge in [0.25, 0.3) is 0 Å². The van der Waals surface area contributed by atoms with Crippen LogP contribution in [0.25, 0.3) is 0 Å².